The van der Waals surface area contributed by atoms with Crippen LogP contribution in [0, 0.1) is 27.7 Å². The molecule has 0 heterocycles. The predicted molar refractivity (Wildman–Crippen MR) is 99.1 cm³/mol. The van der Waals surface area contributed by atoms with Crippen molar-refractivity contribution in [2.45, 2.75) is 54.0 Å². The maximum Gasteiger partial charge on any atom is 0.127 e. The van der Waals surface area contributed by atoms with E-state index >= 15 is 0 Å². The van der Waals surface area contributed by atoms with Crippen molar-refractivity contribution in [3.8, 4) is 0 Å². The first kappa shape index (κ1) is 17.4. The van der Waals surface area contributed by atoms with Gasteiger partial charge in [0.05, 0.1) is 0 Å². The molecule has 2 atom stereocenters. The molecule has 2 aromatic rings. The Kier molecular flexibility index (Phi) is 5.67. The zero-order valence-corrected chi connectivity index (χ0v) is 15.0. The number of anilines is 2. The van der Waals surface area contributed by atoms with Gasteiger partial charge in [0, 0.05) is 11.4 Å². The number of hydrogen-bond acceptors (Lipinski definition) is 3. The van der Waals surface area contributed by atoms with E-state index < -0.39 is 0 Å². The van der Waals surface area contributed by atoms with E-state index in [2.05, 4.69) is 74.7 Å². The number of nitrogens with one attached hydrogen (secondary N) is 2. The average Bonchev–Trinajstić information content (AvgIpc) is 2.47. The fraction of sp³-hybridized carbons (Fsp3) is 0.400. The van der Waals surface area contributed by atoms with Crippen molar-refractivity contribution in [1.82, 2.24) is 0 Å². The molecule has 2 aromatic carbocycles. The molecule has 0 aliphatic rings. The van der Waals surface area contributed by atoms with Crippen LogP contribution in [-0.4, -0.2) is 12.5 Å². The molecule has 2 N–H and O–H groups in total. The van der Waals surface area contributed by atoms with Gasteiger partial charge in [-0.3, -0.25) is 0 Å². The third-order valence-corrected chi connectivity index (χ3v) is 4.07. The van der Waals surface area contributed by atoms with E-state index in [0.717, 1.165) is 11.4 Å². The Balaban J connectivity index is 1.99. The number of para-hydroxylation sites is 2. The molecule has 2 unspecified atom stereocenters. The van der Waals surface area contributed by atoms with E-state index in [1.807, 2.05) is 13.8 Å². The Bertz CT molecular complexity index is 569. The van der Waals surface area contributed by atoms with Gasteiger partial charge in [0.25, 0.3) is 0 Å². The third kappa shape index (κ3) is 4.49. The minimum atomic E-state index is -0.0818. The first-order valence-corrected chi connectivity index (χ1v) is 8.19. The number of rotatable bonds is 6. The average molecular weight is 312 g/mol. The summed E-state index contributed by atoms with van der Waals surface area (Å²) in [5.41, 5.74) is 7.23. The minimum Gasteiger partial charge on any atom is -0.360 e. The summed E-state index contributed by atoms with van der Waals surface area (Å²) in [4.78, 5) is 0. The van der Waals surface area contributed by atoms with Gasteiger partial charge in [-0.1, -0.05) is 36.4 Å². The predicted octanol–water partition coefficient (Wildman–Crippen LogP) is 5.15. The molecular weight excluding hydrogens is 284 g/mol. The second kappa shape index (κ2) is 7.51. The summed E-state index contributed by atoms with van der Waals surface area (Å²) < 4.78 is 6.06. The van der Waals surface area contributed by atoms with Crippen LogP contribution in [0.3, 0.4) is 0 Å². The highest BCUT2D eigenvalue weighted by Crippen LogP contribution is 2.23. The molecule has 0 saturated heterocycles. The fourth-order valence-corrected chi connectivity index (χ4v) is 2.87. The largest absolute Gasteiger partial charge is 0.360 e. The molecule has 0 fully saturated rings. The lowest BCUT2D eigenvalue weighted by molar-refractivity contribution is 0.0403. The molecule has 0 aromatic heterocycles. The van der Waals surface area contributed by atoms with Gasteiger partial charge in [0.2, 0.25) is 0 Å². The van der Waals surface area contributed by atoms with E-state index in [0.29, 0.717) is 0 Å². The first-order valence-electron chi connectivity index (χ1n) is 8.19. The molecule has 0 saturated carbocycles. The molecule has 0 bridgehead atoms. The van der Waals surface area contributed by atoms with E-state index in [9.17, 15) is 0 Å². The van der Waals surface area contributed by atoms with Gasteiger partial charge in [-0.2, -0.15) is 0 Å². The molecule has 124 valence electrons. The lowest BCUT2D eigenvalue weighted by Gasteiger charge is -2.25. The maximum atomic E-state index is 6.06. The van der Waals surface area contributed by atoms with Crippen molar-refractivity contribution >= 4 is 11.4 Å². The lowest BCUT2D eigenvalue weighted by Crippen LogP contribution is -2.30. The second-order valence-electron chi connectivity index (χ2n) is 6.24. The molecular formula is C20H28N2O. The Morgan fingerprint density at radius 2 is 0.957 bits per heavy atom. The monoisotopic (exact) mass is 312 g/mol. The van der Waals surface area contributed by atoms with Crippen molar-refractivity contribution in [3.05, 3.63) is 58.7 Å². The summed E-state index contributed by atoms with van der Waals surface area (Å²) in [6, 6.07) is 12.6. The van der Waals surface area contributed by atoms with Gasteiger partial charge in [0.15, 0.2) is 0 Å². The van der Waals surface area contributed by atoms with Crippen LogP contribution in [0.2, 0.25) is 0 Å². The Hall–Kier alpha value is -2.00. The fourth-order valence-electron chi connectivity index (χ4n) is 2.87. The Labute approximate surface area is 140 Å². The summed E-state index contributed by atoms with van der Waals surface area (Å²) in [6.45, 7) is 12.5. The quantitative estimate of drug-likeness (QED) is 0.723. The van der Waals surface area contributed by atoms with Crippen molar-refractivity contribution in [2.24, 2.45) is 0 Å². The standard InChI is InChI=1S/C20H28N2O/c1-13-9-7-10-14(2)19(13)21-17(5)23-18(6)22-20-15(3)11-8-12-16(20)4/h7-12,17-18,21-22H,1-6H3. The second-order valence-corrected chi connectivity index (χ2v) is 6.24. The smallest absolute Gasteiger partial charge is 0.127 e. The number of hydrogen-bond donors (Lipinski definition) is 2. The van der Waals surface area contributed by atoms with Crippen LogP contribution in [0.5, 0.6) is 0 Å². The maximum absolute atomic E-state index is 6.06. The summed E-state index contributed by atoms with van der Waals surface area (Å²) in [5, 5.41) is 6.92. The molecule has 0 radical (unpaired) electrons. The van der Waals surface area contributed by atoms with Crippen LogP contribution in [0.15, 0.2) is 36.4 Å². The van der Waals surface area contributed by atoms with Gasteiger partial charge in [-0.05, 0) is 63.8 Å². The third-order valence-electron chi connectivity index (χ3n) is 4.07. The lowest BCUT2D eigenvalue weighted by atomic mass is 10.1. The topological polar surface area (TPSA) is 33.3 Å². The number of ether oxygens (including phenoxy) is 1. The first-order chi connectivity index (χ1) is 10.9. The minimum absolute atomic E-state index is 0.0818. The SMILES string of the molecule is Cc1cccc(C)c1NC(C)OC(C)Nc1c(C)cccc1C. The van der Waals surface area contributed by atoms with Crippen LogP contribution >= 0.6 is 0 Å². The zero-order chi connectivity index (χ0) is 17.0. The highest BCUT2D eigenvalue weighted by Gasteiger charge is 2.12. The Morgan fingerprint density at radius 3 is 1.26 bits per heavy atom. The van der Waals surface area contributed by atoms with Gasteiger partial charge >= 0.3 is 0 Å². The summed E-state index contributed by atoms with van der Waals surface area (Å²) in [7, 11) is 0. The van der Waals surface area contributed by atoms with E-state index in [1.165, 1.54) is 22.3 Å². The number of aryl methyl sites for hydroxylation is 4. The van der Waals surface area contributed by atoms with Crippen molar-refractivity contribution in [3.63, 3.8) is 0 Å². The normalized spacial score (nSPS) is 13.5. The molecule has 0 aliphatic heterocycles. The molecule has 0 spiro atoms. The Morgan fingerprint density at radius 1 is 0.652 bits per heavy atom. The van der Waals surface area contributed by atoms with E-state index in [4.69, 9.17) is 4.74 Å². The summed E-state index contributed by atoms with van der Waals surface area (Å²) >= 11 is 0. The van der Waals surface area contributed by atoms with Crippen molar-refractivity contribution in [1.29, 1.82) is 0 Å². The van der Waals surface area contributed by atoms with E-state index in [1.54, 1.807) is 0 Å². The zero-order valence-electron chi connectivity index (χ0n) is 15.0. The van der Waals surface area contributed by atoms with Crippen LogP contribution in [0.1, 0.15) is 36.1 Å². The van der Waals surface area contributed by atoms with Gasteiger partial charge in [0.1, 0.15) is 12.5 Å². The van der Waals surface area contributed by atoms with Crippen LogP contribution < -0.4 is 10.6 Å². The van der Waals surface area contributed by atoms with Crippen LogP contribution in [0.4, 0.5) is 11.4 Å². The summed E-state index contributed by atoms with van der Waals surface area (Å²) in [6.07, 6.45) is -0.164. The highest BCUT2D eigenvalue weighted by atomic mass is 16.5. The highest BCUT2D eigenvalue weighted by molar-refractivity contribution is 5.57. The molecule has 3 heteroatoms. The molecule has 0 amide bonds. The van der Waals surface area contributed by atoms with Crippen LogP contribution in [0.25, 0.3) is 0 Å². The number of benzene rings is 2. The van der Waals surface area contributed by atoms with Gasteiger partial charge in [-0.15, -0.1) is 0 Å². The van der Waals surface area contributed by atoms with Crippen molar-refractivity contribution in [2.75, 3.05) is 10.6 Å². The van der Waals surface area contributed by atoms with Gasteiger partial charge in [-0.25, -0.2) is 0 Å². The van der Waals surface area contributed by atoms with Crippen molar-refractivity contribution < 1.29 is 4.74 Å². The molecule has 23 heavy (non-hydrogen) atoms. The van der Waals surface area contributed by atoms with Crippen LogP contribution in [-0.2, 0) is 4.74 Å². The molecule has 3 nitrogen and oxygen atoms in total. The van der Waals surface area contributed by atoms with Gasteiger partial charge < -0.3 is 15.4 Å². The molecule has 2 rings (SSSR count). The van der Waals surface area contributed by atoms with E-state index in [-0.39, 0.29) is 12.5 Å². The molecule has 0 aliphatic carbocycles. The summed E-state index contributed by atoms with van der Waals surface area (Å²) in [5.74, 6) is 0.